The molecule has 0 spiro atoms. The fourth-order valence-electron chi connectivity index (χ4n) is 4.81. The average molecular weight is 566 g/mol. The molecule has 5 rings (SSSR count). The highest BCUT2D eigenvalue weighted by molar-refractivity contribution is 6.09. The summed E-state index contributed by atoms with van der Waals surface area (Å²) in [6.07, 6.45) is -2.43. The van der Waals surface area contributed by atoms with Gasteiger partial charge in [-0.05, 0) is 47.9 Å². The molecule has 212 valence electrons. The minimum Gasteiger partial charge on any atom is -0.490 e. The van der Waals surface area contributed by atoms with E-state index in [1.54, 1.807) is 60.4 Å². The molecule has 0 saturated carbocycles. The van der Waals surface area contributed by atoms with E-state index in [9.17, 15) is 22.8 Å². The minimum absolute atomic E-state index is 0.0329. The van der Waals surface area contributed by atoms with Crippen LogP contribution in [0.2, 0.25) is 0 Å². The van der Waals surface area contributed by atoms with Gasteiger partial charge >= 0.3 is 6.36 Å². The fourth-order valence-corrected chi connectivity index (χ4v) is 4.81. The number of anilines is 1. The van der Waals surface area contributed by atoms with E-state index in [4.69, 9.17) is 9.26 Å². The van der Waals surface area contributed by atoms with E-state index in [0.717, 1.165) is 6.07 Å². The van der Waals surface area contributed by atoms with Crippen molar-refractivity contribution in [3.8, 4) is 22.6 Å². The third kappa shape index (κ3) is 6.86. The summed E-state index contributed by atoms with van der Waals surface area (Å²) >= 11 is 0. The number of hydrogen-bond acceptors (Lipinski definition) is 6. The van der Waals surface area contributed by atoms with Gasteiger partial charge in [-0.15, -0.1) is 13.2 Å². The van der Waals surface area contributed by atoms with E-state index in [0.29, 0.717) is 54.1 Å². The van der Waals surface area contributed by atoms with Crippen LogP contribution in [0.25, 0.3) is 11.1 Å². The lowest BCUT2D eigenvalue weighted by Crippen LogP contribution is -2.41. The average Bonchev–Trinajstić information content (AvgIpc) is 3.48. The Morgan fingerprint density at radius 3 is 2.41 bits per heavy atom. The summed E-state index contributed by atoms with van der Waals surface area (Å²) < 4.78 is 54.1. The van der Waals surface area contributed by atoms with Crippen molar-refractivity contribution in [1.29, 1.82) is 0 Å². The van der Waals surface area contributed by atoms with Crippen molar-refractivity contribution >= 4 is 17.5 Å². The topological polar surface area (TPSA) is 93.9 Å². The second-order valence-corrected chi connectivity index (χ2v) is 9.54. The lowest BCUT2D eigenvalue weighted by molar-refractivity contribution is -0.274. The first kappa shape index (κ1) is 27.8. The molecule has 11 heteroatoms. The van der Waals surface area contributed by atoms with Crippen LogP contribution in [-0.2, 0) is 0 Å². The van der Waals surface area contributed by atoms with Gasteiger partial charge in [0.15, 0.2) is 0 Å². The molecule has 1 N–H and O–H groups in total. The predicted octanol–water partition coefficient (Wildman–Crippen LogP) is 6.48. The van der Waals surface area contributed by atoms with Gasteiger partial charge in [0.05, 0.1) is 11.8 Å². The van der Waals surface area contributed by atoms with E-state index in [-0.39, 0.29) is 23.3 Å². The summed E-state index contributed by atoms with van der Waals surface area (Å²) in [5.74, 6) is -0.605. The number of benzene rings is 3. The van der Waals surface area contributed by atoms with Crippen LogP contribution in [0.3, 0.4) is 0 Å². The Morgan fingerprint density at radius 2 is 1.73 bits per heavy atom. The van der Waals surface area contributed by atoms with Crippen molar-refractivity contribution < 1.29 is 36.8 Å². The predicted molar refractivity (Wildman–Crippen MR) is 144 cm³/mol. The van der Waals surface area contributed by atoms with Crippen molar-refractivity contribution in [3.63, 3.8) is 0 Å². The molecule has 1 aliphatic rings. The van der Waals surface area contributed by atoms with Crippen molar-refractivity contribution in [2.24, 2.45) is 0 Å². The highest BCUT2D eigenvalue weighted by Gasteiger charge is 2.32. The van der Waals surface area contributed by atoms with Gasteiger partial charge < -0.3 is 24.2 Å². The Morgan fingerprint density at radius 1 is 0.976 bits per heavy atom. The maximum Gasteiger partial charge on any atom is 0.573 e. The van der Waals surface area contributed by atoms with Crippen LogP contribution >= 0.6 is 0 Å². The van der Waals surface area contributed by atoms with E-state index in [2.05, 4.69) is 15.2 Å². The highest BCUT2D eigenvalue weighted by atomic mass is 19.4. The number of alkyl halides is 3. The number of ether oxygens (including phenoxy) is 2. The number of likely N-dealkylation sites (tertiary alicyclic amines) is 1. The second kappa shape index (κ2) is 11.7. The number of carbonyl (C=O) groups is 2. The number of halogens is 3. The third-order valence-corrected chi connectivity index (χ3v) is 6.62. The zero-order valence-electron chi connectivity index (χ0n) is 22.0. The molecule has 0 aliphatic carbocycles. The van der Waals surface area contributed by atoms with Crippen molar-refractivity contribution in [2.75, 3.05) is 18.4 Å². The van der Waals surface area contributed by atoms with Crippen LogP contribution < -0.4 is 14.8 Å². The van der Waals surface area contributed by atoms with Gasteiger partial charge in [-0.1, -0.05) is 41.6 Å². The smallest absolute Gasteiger partial charge is 0.490 e. The highest BCUT2D eigenvalue weighted by Crippen LogP contribution is 2.34. The number of nitrogens with zero attached hydrogens (tertiary/aromatic N) is 2. The van der Waals surface area contributed by atoms with Gasteiger partial charge in [0, 0.05) is 43.8 Å². The molecule has 0 radical (unpaired) electrons. The summed E-state index contributed by atoms with van der Waals surface area (Å²) in [6.45, 7) is 2.60. The summed E-state index contributed by atoms with van der Waals surface area (Å²) in [6, 6.07) is 19.6. The van der Waals surface area contributed by atoms with Gasteiger partial charge in [-0.25, -0.2) is 0 Å². The quantitative estimate of drug-likeness (QED) is 0.276. The second-order valence-electron chi connectivity index (χ2n) is 9.54. The zero-order valence-corrected chi connectivity index (χ0v) is 22.0. The number of piperidine rings is 1. The standard InChI is InChI=1S/C30H26F3N3O5/c1-19-16-24(40-30(31,32)33)18-25(27(19)20-6-3-2-4-7-20)28(37)35-21-8-5-9-23(17-21)39-22-11-14-36(15-12-22)29(38)26-10-13-34-41-26/h2-10,13,16-18,22H,11-12,14-15H2,1H3,(H,35,37). The van der Waals surface area contributed by atoms with Gasteiger partial charge in [-0.3, -0.25) is 9.59 Å². The molecule has 0 bridgehead atoms. The Bertz CT molecular complexity index is 1520. The lowest BCUT2D eigenvalue weighted by Gasteiger charge is -2.31. The van der Waals surface area contributed by atoms with Gasteiger partial charge in [0.1, 0.15) is 17.6 Å². The molecular weight excluding hydrogens is 539 g/mol. The van der Waals surface area contributed by atoms with Crippen LogP contribution in [0, 0.1) is 6.92 Å². The molecule has 2 amide bonds. The molecular formula is C30H26F3N3O5. The van der Waals surface area contributed by atoms with Crippen LogP contribution in [0.4, 0.5) is 18.9 Å². The molecule has 0 atom stereocenters. The third-order valence-electron chi connectivity index (χ3n) is 6.62. The van der Waals surface area contributed by atoms with E-state index < -0.39 is 18.0 Å². The number of carbonyl (C=O) groups excluding carboxylic acids is 2. The van der Waals surface area contributed by atoms with E-state index in [1.165, 1.54) is 18.3 Å². The first-order valence-corrected chi connectivity index (χ1v) is 12.9. The van der Waals surface area contributed by atoms with Crippen LogP contribution in [-0.4, -0.2) is 47.4 Å². The molecule has 41 heavy (non-hydrogen) atoms. The largest absolute Gasteiger partial charge is 0.573 e. The number of aromatic nitrogens is 1. The Labute approximate surface area is 233 Å². The maximum atomic E-state index is 13.4. The Balaban J connectivity index is 1.30. The molecule has 1 aromatic heterocycles. The van der Waals surface area contributed by atoms with E-state index >= 15 is 0 Å². The normalized spacial score (nSPS) is 14.0. The number of hydrogen-bond donors (Lipinski definition) is 1. The number of aryl methyl sites for hydroxylation is 1. The van der Waals surface area contributed by atoms with Crippen molar-refractivity contribution in [3.05, 3.63) is 95.9 Å². The molecule has 2 heterocycles. The SMILES string of the molecule is Cc1cc(OC(F)(F)F)cc(C(=O)Nc2cccc(OC3CCN(C(=O)c4ccno4)CC3)c2)c1-c1ccccc1. The van der Waals surface area contributed by atoms with E-state index in [1.807, 2.05) is 6.07 Å². The van der Waals surface area contributed by atoms with Gasteiger partial charge in [0.25, 0.3) is 11.8 Å². The van der Waals surface area contributed by atoms with Crippen molar-refractivity contribution in [2.45, 2.75) is 32.2 Å². The number of amides is 2. The minimum atomic E-state index is -4.90. The van der Waals surface area contributed by atoms with Crippen LogP contribution in [0.5, 0.6) is 11.5 Å². The first-order chi connectivity index (χ1) is 19.7. The summed E-state index contributed by atoms with van der Waals surface area (Å²) in [5.41, 5.74) is 2.07. The molecule has 3 aromatic carbocycles. The van der Waals surface area contributed by atoms with Gasteiger partial charge in [-0.2, -0.15) is 0 Å². The molecule has 1 fully saturated rings. The molecule has 1 aliphatic heterocycles. The van der Waals surface area contributed by atoms with Gasteiger partial charge in [0.2, 0.25) is 5.76 Å². The molecule has 1 saturated heterocycles. The molecule has 8 nitrogen and oxygen atoms in total. The lowest BCUT2D eigenvalue weighted by atomic mass is 9.94. The fraction of sp³-hybridized carbons (Fsp3) is 0.233. The van der Waals surface area contributed by atoms with Crippen LogP contribution in [0.15, 0.2) is 83.5 Å². The zero-order chi connectivity index (χ0) is 29.0. The number of nitrogens with one attached hydrogen (secondary N) is 1. The first-order valence-electron chi connectivity index (χ1n) is 12.9. The molecule has 4 aromatic rings. The summed E-state index contributed by atoms with van der Waals surface area (Å²) in [5, 5.41) is 6.35. The molecule has 0 unspecified atom stereocenters. The summed E-state index contributed by atoms with van der Waals surface area (Å²) in [7, 11) is 0. The number of rotatable bonds is 7. The monoisotopic (exact) mass is 565 g/mol. The van der Waals surface area contributed by atoms with Crippen molar-refractivity contribution in [1.82, 2.24) is 10.1 Å². The Hall–Kier alpha value is -4.80. The Kier molecular flexibility index (Phi) is 7.95. The van der Waals surface area contributed by atoms with Crippen LogP contribution in [0.1, 0.15) is 39.3 Å². The summed E-state index contributed by atoms with van der Waals surface area (Å²) in [4.78, 5) is 27.6. The maximum absolute atomic E-state index is 13.4.